The topological polar surface area (TPSA) is 88.9 Å². The molecule has 3 aromatic rings. The molecule has 2 aromatic heterocycles. The fourth-order valence-corrected chi connectivity index (χ4v) is 3.82. The van der Waals surface area contributed by atoms with Crippen molar-refractivity contribution in [3.05, 3.63) is 46.9 Å². The number of benzene rings is 1. The Balaban J connectivity index is 1.72. The third kappa shape index (κ3) is 3.85. The summed E-state index contributed by atoms with van der Waals surface area (Å²) in [7, 11) is 0. The van der Waals surface area contributed by atoms with Gasteiger partial charge in [0.05, 0.1) is 5.56 Å². The van der Waals surface area contributed by atoms with Gasteiger partial charge in [-0.1, -0.05) is 12.5 Å². The Bertz CT molecular complexity index is 1120. The maximum atomic E-state index is 13.2. The zero-order valence-corrected chi connectivity index (χ0v) is 17.0. The molecule has 4 rings (SSSR count). The van der Waals surface area contributed by atoms with E-state index in [0.717, 1.165) is 48.5 Å². The highest BCUT2D eigenvalue weighted by molar-refractivity contribution is 6.11. The van der Waals surface area contributed by atoms with Crippen molar-refractivity contribution in [2.75, 3.05) is 10.6 Å². The summed E-state index contributed by atoms with van der Waals surface area (Å²) in [5.41, 5.74) is 4.97. The second kappa shape index (κ2) is 7.66. The van der Waals surface area contributed by atoms with Gasteiger partial charge in [-0.25, -0.2) is 9.97 Å². The first-order chi connectivity index (χ1) is 13.9. The van der Waals surface area contributed by atoms with Crippen molar-refractivity contribution >= 4 is 34.4 Å². The number of carbonyl (C=O) groups excluding carboxylic acids is 2. The Labute approximate surface area is 169 Å². The molecule has 29 heavy (non-hydrogen) atoms. The zero-order valence-electron chi connectivity index (χ0n) is 17.0. The van der Waals surface area contributed by atoms with Crippen LogP contribution < -0.4 is 10.6 Å². The van der Waals surface area contributed by atoms with Crippen LogP contribution in [0.1, 0.15) is 53.6 Å². The van der Waals surface area contributed by atoms with Gasteiger partial charge < -0.3 is 15.2 Å². The minimum Gasteiger partial charge on any atom is -0.326 e. The molecule has 3 heterocycles. The first kappa shape index (κ1) is 19.1. The first-order valence-corrected chi connectivity index (χ1v) is 9.99. The maximum absolute atomic E-state index is 13.2. The van der Waals surface area contributed by atoms with E-state index in [1.165, 1.54) is 13.3 Å². The van der Waals surface area contributed by atoms with Crippen LogP contribution in [0.5, 0.6) is 0 Å². The van der Waals surface area contributed by atoms with Crippen LogP contribution >= 0.6 is 0 Å². The van der Waals surface area contributed by atoms with E-state index >= 15 is 0 Å². The lowest BCUT2D eigenvalue weighted by Gasteiger charge is -2.12. The first-order valence-electron chi connectivity index (χ1n) is 9.99. The van der Waals surface area contributed by atoms with Gasteiger partial charge in [-0.3, -0.25) is 9.59 Å². The largest absolute Gasteiger partial charge is 0.326 e. The van der Waals surface area contributed by atoms with Crippen LogP contribution in [0.25, 0.3) is 11.2 Å². The molecule has 0 saturated heterocycles. The van der Waals surface area contributed by atoms with Crippen LogP contribution in [0.3, 0.4) is 0 Å². The van der Waals surface area contributed by atoms with Gasteiger partial charge in [-0.2, -0.15) is 0 Å². The molecule has 1 aliphatic heterocycles. The standard InChI is InChI=1S/C22H25N5O2/c1-13-8-9-16(24-15(3)28)12-18(13)25-22(29)17-11-14(2)23-21-20(17)26-19-7-5-4-6-10-27(19)21/h8-9,11-12H,4-7,10H2,1-3H3,(H,24,28)(H,25,29). The smallest absolute Gasteiger partial charge is 0.258 e. The predicted octanol–water partition coefficient (Wildman–Crippen LogP) is 3.99. The van der Waals surface area contributed by atoms with Crippen molar-refractivity contribution in [3.63, 3.8) is 0 Å². The summed E-state index contributed by atoms with van der Waals surface area (Å²) in [6.07, 6.45) is 4.31. The van der Waals surface area contributed by atoms with E-state index in [9.17, 15) is 9.59 Å². The number of aromatic nitrogens is 3. The Morgan fingerprint density at radius 3 is 2.66 bits per heavy atom. The van der Waals surface area contributed by atoms with Gasteiger partial charge in [0, 0.05) is 37.0 Å². The molecule has 0 bridgehead atoms. The lowest BCUT2D eigenvalue weighted by atomic mass is 10.1. The number of imidazole rings is 1. The molecule has 7 heteroatoms. The number of nitrogens with zero attached hydrogens (tertiary/aromatic N) is 3. The summed E-state index contributed by atoms with van der Waals surface area (Å²) in [5, 5.41) is 5.73. The summed E-state index contributed by atoms with van der Waals surface area (Å²) in [4.78, 5) is 34.0. The number of rotatable bonds is 3. The second-order valence-electron chi connectivity index (χ2n) is 7.64. The average molecular weight is 391 g/mol. The van der Waals surface area contributed by atoms with E-state index in [1.807, 2.05) is 26.0 Å². The minimum atomic E-state index is -0.225. The van der Waals surface area contributed by atoms with E-state index in [-0.39, 0.29) is 11.8 Å². The average Bonchev–Trinajstić information content (AvgIpc) is 2.84. The second-order valence-corrected chi connectivity index (χ2v) is 7.64. The van der Waals surface area contributed by atoms with Gasteiger partial charge in [0.15, 0.2) is 5.65 Å². The van der Waals surface area contributed by atoms with Crippen LogP contribution in [-0.2, 0) is 17.8 Å². The van der Waals surface area contributed by atoms with Crippen molar-refractivity contribution in [2.24, 2.45) is 0 Å². The summed E-state index contributed by atoms with van der Waals surface area (Å²) in [6, 6.07) is 7.24. The maximum Gasteiger partial charge on any atom is 0.258 e. The molecule has 0 spiro atoms. The van der Waals surface area contributed by atoms with Crippen molar-refractivity contribution in [3.8, 4) is 0 Å². The fourth-order valence-electron chi connectivity index (χ4n) is 3.82. The van der Waals surface area contributed by atoms with E-state index in [1.54, 1.807) is 12.1 Å². The number of anilines is 2. The summed E-state index contributed by atoms with van der Waals surface area (Å²) in [5.74, 6) is 0.627. The molecule has 2 amide bonds. The van der Waals surface area contributed by atoms with E-state index in [2.05, 4.69) is 20.2 Å². The molecule has 0 saturated carbocycles. The van der Waals surface area contributed by atoms with Crippen molar-refractivity contribution in [1.82, 2.24) is 14.5 Å². The third-order valence-electron chi connectivity index (χ3n) is 5.24. The van der Waals surface area contributed by atoms with Crippen molar-refractivity contribution in [1.29, 1.82) is 0 Å². The van der Waals surface area contributed by atoms with Crippen LogP contribution in [0.2, 0.25) is 0 Å². The van der Waals surface area contributed by atoms with Gasteiger partial charge in [0.25, 0.3) is 5.91 Å². The Morgan fingerprint density at radius 1 is 1.03 bits per heavy atom. The third-order valence-corrected chi connectivity index (χ3v) is 5.24. The summed E-state index contributed by atoms with van der Waals surface area (Å²) >= 11 is 0. The highest BCUT2D eigenvalue weighted by Crippen LogP contribution is 2.26. The van der Waals surface area contributed by atoms with E-state index in [4.69, 9.17) is 4.98 Å². The quantitative estimate of drug-likeness (QED) is 0.707. The van der Waals surface area contributed by atoms with Crippen molar-refractivity contribution in [2.45, 2.75) is 53.0 Å². The van der Waals surface area contributed by atoms with Gasteiger partial charge >= 0.3 is 0 Å². The molecule has 2 N–H and O–H groups in total. The number of pyridine rings is 1. The lowest BCUT2D eigenvalue weighted by Crippen LogP contribution is -2.15. The molecule has 150 valence electrons. The molecule has 0 radical (unpaired) electrons. The molecule has 0 fully saturated rings. The molecular weight excluding hydrogens is 366 g/mol. The normalized spacial score (nSPS) is 13.6. The predicted molar refractivity (Wildman–Crippen MR) is 113 cm³/mol. The molecule has 0 atom stereocenters. The molecule has 7 nitrogen and oxygen atoms in total. The van der Waals surface area contributed by atoms with Crippen LogP contribution in [0.15, 0.2) is 24.3 Å². The lowest BCUT2D eigenvalue weighted by molar-refractivity contribution is -0.114. The van der Waals surface area contributed by atoms with Gasteiger partial charge in [0.1, 0.15) is 11.3 Å². The SMILES string of the molecule is CC(=O)Nc1ccc(C)c(NC(=O)c2cc(C)nc3c2nc2n3CCCCC2)c1. The summed E-state index contributed by atoms with van der Waals surface area (Å²) in [6.45, 7) is 6.16. The Kier molecular flexibility index (Phi) is 5.05. The molecule has 1 aliphatic rings. The number of carbonyl (C=O) groups is 2. The molecule has 0 unspecified atom stereocenters. The number of nitrogens with one attached hydrogen (secondary N) is 2. The summed E-state index contributed by atoms with van der Waals surface area (Å²) < 4.78 is 2.16. The Hall–Kier alpha value is -3.22. The molecule has 1 aromatic carbocycles. The Morgan fingerprint density at radius 2 is 1.86 bits per heavy atom. The minimum absolute atomic E-state index is 0.155. The number of aryl methyl sites for hydroxylation is 4. The monoisotopic (exact) mass is 391 g/mol. The van der Waals surface area contributed by atoms with Crippen LogP contribution in [0, 0.1) is 13.8 Å². The van der Waals surface area contributed by atoms with Crippen molar-refractivity contribution < 1.29 is 9.59 Å². The van der Waals surface area contributed by atoms with E-state index in [0.29, 0.717) is 22.5 Å². The van der Waals surface area contributed by atoms with Crippen LogP contribution in [-0.4, -0.2) is 26.3 Å². The molecular formula is C22H25N5O2. The van der Waals surface area contributed by atoms with Gasteiger partial charge in [-0.15, -0.1) is 0 Å². The number of hydrogen-bond acceptors (Lipinski definition) is 4. The number of fused-ring (bicyclic) bond motifs is 3. The van der Waals surface area contributed by atoms with Gasteiger partial charge in [0.2, 0.25) is 5.91 Å². The van der Waals surface area contributed by atoms with Gasteiger partial charge in [-0.05, 0) is 50.5 Å². The fraction of sp³-hybridized carbons (Fsp3) is 0.364. The highest BCUT2D eigenvalue weighted by atomic mass is 16.2. The van der Waals surface area contributed by atoms with Crippen LogP contribution in [0.4, 0.5) is 11.4 Å². The highest BCUT2D eigenvalue weighted by Gasteiger charge is 2.21. The number of amides is 2. The zero-order chi connectivity index (χ0) is 20.5. The molecule has 0 aliphatic carbocycles. The van der Waals surface area contributed by atoms with E-state index < -0.39 is 0 Å². The number of hydrogen-bond donors (Lipinski definition) is 2.